The first kappa shape index (κ1) is 8.62. The summed E-state index contributed by atoms with van der Waals surface area (Å²) in [7, 11) is 4.10. The summed E-state index contributed by atoms with van der Waals surface area (Å²) in [4.78, 5) is 6.14. The van der Waals surface area contributed by atoms with Crippen LogP contribution in [-0.4, -0.2) is 35.1 Å². The molecule has 4 heteroatoms. The third-order valence-corrected chi connectivity index (χ3v) is 1.85. The van der Waals surface area contributed by atoms with Crippen molar-refractivity contribution in [3.8, 4) is 0 Å². The van der Waals surface area contributed by atoms with Crippen molar-refractivity contribution in [2.75, 3.05) is 20.6 Å². The highest BCUT2D eigenvalue weighted by molar-refractivity contribution is 7.80. The summed E-state index contributed by atoms with van der Waals surface area (Å²) >= 11 is 4.18. The molecule has 1 heterocycles. The first-order valence-electron chi connectivity index (χ1n) is 3.55. The van der Waals surface area contributed by atoms with Gasteiger partial charge < -0.3 is 9.47 Å². The average molecular weight is 171 g/mol. The Kier molecular flexibility index (Phi) is 2.96. The van der Waals surface area contributed by atoms with Gasteiger partial charge in [0, 0.05) is 25.5 Å². The van der Waals surface area contributed by atoms with E-state index in [0.717, 1.165) is 18.2 Å². The van der Waals surface area contributed by atoms with E-state index < -0.39 is 0 Å². The number of rotatable bonds is 3. The molecule has 0 fully saturated rings. The zero-order valence-electron chi connectivity index (χ0n) is 6.86. The van der Waals surface area contributed by atoms with Crippen molar-refractivity contribution in [2.45, 2.75) is 11.7 Å². The molecule has 0 amide bonds. The second-order valence-electron chi connectivity index (χ2n) is 2.72. The van der Waals surface area contributed by atoms with Gasteiger partial charge in [0.2, 0.25) is 0 Å². The highest BCUT2D eigenvalue weighted by Crippen LogP contribution is 2.01. The van der Waals surface area contributed by atoms with Crippen LogP contribution < -0.4 is 0 Å². The van der Waals surface area contributed by atoms with Crippen LogP contribution in [0.15, 0.2) is 17.6 Å². The third-order valence-electron chi connectivity index (χ3n) is 1.48. The fourth-order valence-electron chi connectivity index (χ4n) is 0.804. The first-order chi connectivity index (χ1) is 5.20. The van der Waals surface area contributed by atoms with Crippen LogP contribution in [0.25, 0.3) is 0 Å². The smallest absolute Gasteiger partial charge is 0.164 e. The fraction of sp³-hybridized carbons (Fsp3) is 0.571. The van der Waals surface area contributed by atoms with Crippen molar-refractivity contribution in [1.29, 1.82) is 0 Å². The van der Waals surface area contributed by atoms with Gasteiger partial charge in [-0.3, -0.25) is 0 Å². The Bertz CT molecular complexity index is 219. The molecule has 1 aromatic rings. The highest BCUT2D eigenvalue weighted by atomic mass is 32.1. The molecule has 0 spiro atoms. The van der Waals surface area contributed by atoms with Gasteiger partial charge in [0.1, 0.15) is 0 Å². The van der Waals surface area contributed by atoms with Crippen LogP contribution in [0.3, 0.4) is 0 Å². The quantitative estimate of drug-likeness (QED) is 0.677. The Morgan fingerprint density at radius 3 is 2.82 bits per heavy atom. The van der Waals surface area contributed by atoms with Crippen molar-refractivity contribution < 1.29 is 0 Å². The van der Waals surface area contributed by atoms with Gasteiger partial charge in [-0.25, -0.2) is 4.98 Å². The molecule has 0 aromatic carbocycles. The maximum Gasteiger partial charge on any atom is 0.164 e. The number of likely N-dealkylation sites (N-methyl/N-ethyl adjacent to an activating group) is 1. The van der Waals surface area contributed by atoms with Gasteiger partial charge in [-0.15, -0.1) is 12.6 Å². The van der Waals surface area contributed by atoms with E-state index in [0.29, 0.717) is 0 Å². The largest absolute Gasteiger partial charge is 0.325 e. The highest BCUT2D eigenvalue weighted by Gasteiger charge is 1.96. The Morgan fingerprint density at radius 1 is 1.64 bits per heavy atom. The van der Waals surface area contributed by atoms with Crippen molar-refractivity contribution in [3.63, 3.8) is 0 Å². The lowest BCUT2D eigenvalue weighted by Gasteiger charge is -2.10. The number of aromatic nitrogens is 2. The summed E-state index contributed by atoms with van der Waals surface area (Å²) in [6.45, 7) is 1.97. The Hall–Kier alpha value is -0.480. The molecule has 0 radical (unpaired) electrons. The van der Waals surface area contributed by atoms with Crippen molar-refractivity contribution >= 4 is 12.6 Å². The Balaban J connectivity index is 2.44. The molecule has 62 valence electrons. The van der Waals surface area contributed by atoms with E-state index in [4.69, 9.17) is 0 Å². The molecule has 0 aliphatic carbocycles. The number of imidazole rings is 1. The molecule has 11 heavy (non-hydrogen) atoms. The van der Waals surface area contributed by atoms with Gasteiger partial charge in [-0.1, -0.05) is 0 Å². The molecular formula is C7H13N3S. The summed E-state index contributed by atoms with van der Waals surface area (Å²) < 4.78 is 2.02. The summed E-state index contributed by atoms with van der Waals surface area (Å²) in [6, 6.07) is 0. The van der Waals surface area contributed by atoms with Crippen LogP contribution in [0.1, 0.15) is 0 Å². The SMILES string of the molecule is CN(C)CCn1ccnc1S. The van der Waals surface area contributed by atoms with E-state index in [2.05, 4.69) is 36.6 Å². The van der Waals surface area contributed by atoms with E-state index in [9.17, 15) is 0 Å². The minimum atomic E-state index is 0.784. The van der Waals surface area contributed by atoms with Crippen LogP contribution in [-0.2, 0) is 6.54 Å². The molecular weight excluding hydrogens is 158 g/mol. The lowest BCUT2D eigenvalue weighted by atomic mass is 10.6. The van der Waals surface area contributed by atoms with Crippen LogP contribution in [0.5, 0.6) is 0 Å². The number of nitrogens with zero attached hydrogens (tertiary/aromatic N) is 3. The molecule has 0 N–H and O–H groups in total. The van der Waals surface area contributed by atoms with E-state index in [1.807, 2.05) is 10.8 Å². The molecule has 3 nitrogen and oxygen atoms in total. The van der Waals surface area contributed by atoms with Gasteiger partial charge in [0.15, 0.2) is 5.16 Å². The third kappa shape index (κ3) is 2.55. The average Bonchev–Trinajstić information content (AvgIpc) is 2.31. The summed E-state index contributed by atoms with van der Waals surface area (Å²) in [5.41, 5.74) is 0. The minimum absolute atomic E-state index is 0.784. The van der Waals surface area contributed by atoms with E-state index >= 15 is 0 Å². The lowest BCUT2D eigenvalue weighted by molar-refractivity contribution is 0.377. The van der Waals surface area contributed by atoms with Gasteiger partial charge in [0.25, 0.3) is 0 Å². The van der Waals surface area contributed by atoms with Gasteiger partial charge in [-0.05, 0) is 14.1 Å². The molecule has 0 bridgehead atoms. The van der Waals surface area contributed by atoms with Gasteiger partial charge >= 0.3 is 0 Å². The minimum Gasteiger partial charge on any atom is -0.325 e. The first-order valence-corrected chi connectivity index (χ1v) is 3.99. The predicted molar refractivity (Wildman–Crippen MR) is 48.0 cm³/mol. The summed E-state index contributed by atoms with van der Waals surface area (Å²) in [5, 5.41) is 0.784. The maximum atomic E-state index is 4.18. The van der Waals surface area contributed by atoms with E-state index in [-0.39, 0.29) is 0 Å². The predicted octanol–water partition coefficient (Wildman–Crippen LogP) is 0.733. The molecule has 0 saturated heterocycles. The zero-order chi connectivity index (χ0) is 8.27. The van der Waals surface area contributed by atoms with Crippen molar-refractivity contribution in [2.24, 2.45) is 0 Å². The monoisotopic (exact) mass is 171 g/mol. The fourth-order valence-corrected chi connectivity index (χ4v) is 1.04. The summed E-state index contributed by atoms with van der Waals surface area (Å²) in [6.07, 6.45) is 3.70. The molecule has 0 aliphatic rings. The Labute approximate surface area is 72.4 Å². The second-order valence-corrected chi connectivity index (χ2v) is 3.12. The normalized spacial score (nSPS) is 10.9. The van der Waals surface area contributed by atoms with Crippen molar-refractivity contribution in [1.82, 2.24) is 14.5 Å². The van der Waals surface area contributed by atoms with Crippen LogP contribution in [0.4, 0.5) is 0 Å². The molecule has 0 saturated carbocycles. The standard InChI is InChI=1S/C7H13N3S/c1-9(2)5-6-10-4-3-8-7(10)11/h3-4H,5-6H2,1-2H3,(H,8,11). The summed E-state index contributed by atoms with van der Waals surface area (Å²) in [5.74, 6) is 0. The van der Waals surface area contributed by atoms with E-state index in [1.54, 1.807) is 6.20 Å². The van der Waals surface area contributed by atoms with Gasteiger partial charge in [0.05, 0.1) is 0 Å². The van der Waals surface area contributed by atoms with Crippen LogP contribution in [0.2, 0.25) is 0 Å². The number of hydrogen-bond acceptors (Lipinski definition) is 3. The molecule has 0 aliphatic heterocycles. The Morgan fingerprint density at radius 2 is 2.36 bits per heavy atom. The van der Waals surface area contributed by atoms with E-state index in [1.165, 1.54) is 0 Å². The zero-order valence-corrected chi connectivity index (χ0v) is 7.75. The lowest BCUT2D eigenvalue weighted by Crippen LogP contribution is -2.18. The number of thiol groups is 1. The maximum absolute atomic E-state index is 4.18. The van der Waals surface area contributed by atoms with Gasteiger partial charge in [-0.2, -0.15) is 0 Å². The molecule has 1 aromatic heterocycles. The van der Waals surface area contributed by atoms with Crippen LogP contribution >= 0.6 is 12.6 Å². The van der Waals surface area contributed by atoms with Crippen LogP contribution in [0, 0.1) is 0 Å². The molecule has 1 rings (SSSR count). The molecule has 0 atom stereocenters. The van der Waals surface area contributed by atoms with Crippen molar-refractivity contribution in [3.05, 3.63) is 12.4 Å². The topological polar surface area (TPSA) is 21.1 Å². The molecule has 0 unspecified atom stereocenters. The number of hydrogen-bond donors (Lipinski definition) is 1. The second kappa shape index (κ2) is 3.78.